The van der Waals surface area contributed by atoms with Crippen molar-refractivity contribution in [1.29, 1.82) is 0 Å². The molecule has 0 N–H and O–H groups in total. The molecule has 1 fully saturated rings. The van der Waals surface area contributed by atoms with E-state index in [2.05, 4.69) is 11.9 Å². The summed E-state index contributed by atoms with van der Waals surface area (Å²) in [5.41, 5.74) is 1.03. The molecule has 0 aromatic heterocycles. The van der Waals surface area contributed by atoms with Crippen molar-refractivity contribution in [3.63, 3.8) is 0 Å². The molecule has 1 saturated heterocycles. The largest absolute Gasteiger partial charge is 0.334 e. The molecule has 0 atom stereocenters. The van der Waals surface area contributed by atoms with Gasteiger partial charge in [0.15, 0.2) is 9.84 Å². The first-order valence-corrected chi connectivity index (χ1v) is 9.61. The van der Waals surface area contributed by atoms with Crippen LogP contribution in [0.2, 0.25) is 0 Å². The molecule has 122 valence electrons. The van der Waals surface area contributed by atoms with Crippen molar-refractivity contribution in [2.45, 2.75) is 25.4 Å². The van der Waals surface area contributed by atoms with Crippen molar-refractivity contribution in [3.05, 3.63) is 35.9 Å². The molecule has 6 heteroatoms. The summed E-state index contributed by atoms with van der Waals surface area (Å²) in [5, 5.41) is 0. The lowest BCUT2D eigenvalue weighted by molar-refractivity contribution is -0.132. The minimum atomic E-state index is -3.31. The van der Waals surface area contributed by atoms with Crippen LogP contribution in [0, 0.1) is 0 Å². The topological polar surface area (TPSA) is 57.7 Å². The van der Waals surface area contributed by atoms with Crippen molar-refractivity contribution in [1.82, 2.24) is 9.80 Å². The number of carbonyl (C=O) groups excluding carboxylic acids is 1. The number of nitrogens with zero attached hydrogens (tertiary/aromatic N) is 2. The second kappa shape index (κ2) is 7.24. The van der Waals surface area contributed by atoms with Gasteiger partial charge in [0, 0.05) is 18.8 Å². The van der Waals surface area contributed by atoms with E-state index in [-0.39, 0.29) is 11.9 Å². The van der Waals surface area contributed by atoms with Gasteiger partial charge in [-0.25, -0.2) is 8.42 Å². The second-order valence-corrected chi connectivity index (χ2v) is 8.25. The highest BCUT2D eigenvalue weighted by Gasteiger charge is 2.28. The van der Waals surface area contributed by atoms with Crippen LogP contribution in [-0.2, 0) is 21.2 Å². The van der Waals surface area contributed by atoms with Gasteiger partial charge in [0.1, 0.15) is 5.75 Å². The molecule has 1 aromatic carbocycles. The lowest BCUT2D eigenvalue weighted by atomic mass is 10.0. The summed E-state index contributed by atoms with van der Waals surface area (Å²) in [6.45, 7) is 2.34. The van der Waals surface area contributed by atoms with E-state index in [4.69, 9.17) is 0 Å². The molecule has 1 aliphatic rings. The Morgan fingerprint density at radius 3 is 2.36 bits per heavy atom. The van der Waals surface area contributed by atoms with Gasteiger partial charge in [-0.05, 0) is 38.5 Å². The third-order valence-corrected chi connectivity index (χ3v) is 4.80. The highest BCUT2D eigenvalue weighted by atomic mass is 32.2. The van der Waals surface area contributed by atoms with Crippen molar-refractivity contribution >= 4 is 15.7 Å². The second-order valence-electron chi connectivity index (χ2n) is 6.11. The zero-order chi connectivity index (χ0) is 16.2. The summed E-state index contributed by atoms with van der Waals surface area (Å²) < 4.78 is 23.0. The molecular weight excluding hydrogens is 300 g/mol. The molecule has 2 rings (SSSR count). The number of rotatable bonds is 5. The Morgan fingerprint density at radius 2 is 1.82 bits per heavy atom. The first-order valence-electron chi connectivity index (χ1n) is 7.55. The Hall–Kier alpha value is -1.40. The van der Waals surface area contributed by atoms with E-state index >= 15 is 0 Å². The van der Waals surface area contributed by atoms with E-state index in [1.165, 1.54) is 0 Å². The first-order chi connectivity index (χ1) is 10.3. The van der Waals surface area contributed by atoms with Gasteiger partial charge in [0.25, 0.3) is 0 Å². The number of benzene rings is 1. The molecule has 1 heterocycles. The van der Waals surface area contributed by atoms with E-state index < -0.39 is 15.6 Å². The summed E-state index contributed by atoms with van der Waals surface area (Å²) in [6, 6.07) is 9.85. The fraction of sp³-hybridized carbons (Fsp3) is 0.562. The molecule has 0 radical (unpaired) electrons. The number of hydrogen-bond donors (Lipinski definition) is 0. The molecule has 0 unspecified atom stereocenters. The van der Waals surface area contributed by atoms with Gasteiger partial charge < -0.3 is 9.80 Å². The number of amides is 1. The summed E-state index contributed by atoms with van der Waals surface area (Å²) in [4.78, 5) is 16.5. The summed E-state index contributed by atoms with van der Waals surface area (Å²) in [7, 11) is -1.25. The minimum Gasteiger partial charge on any atom is -0.334 e. The number of likely N-dealkylation sites (tertiary alicyclic amines) is 1. The van der Waals surface area contributed by atoms with E-state index in [1.54, 1.807) is 4.90 Å². The van der Waals surface area contributed by atoms with E-state index in [9.17, 15) is 13.2 Å². The number of carbonyl (C=O) groups is 1. The van der Waals surface area contributed by atoms with Crippen LogP contribution < -0.4 is 0 Å². The number of hydrogen-bond acceptors (Lipinski definition) is 4. The molecular formula is C16H24N2O3S. The van der Waals surface area contributed by atoms with Gasteiger partial charge >= 0.3 is 0 Å². The van der Waals surface area contributed by atoms with Crippen LogP contribution in [0.15, 0.2) is 30.3 Å². The molecule has 1 amide bonds. The molecule has 1 aromatic rings. The van der Waals surface area contributed by atoms with Gasteiger partial charge in [-0.1, -0.05) is 30.3 Å². The average molecular weight is 324 g/mol. The zero-order valence-corrected chi connectivity index (χ0v) is 14.1. The lowest BCUT2D eigenvalue weighted by Crippen LogP contribution is -2.47. The maximum atomic E-state index is 12.5. The Kier molecular flexibility index (Phi) is 5.58. The van der Waals surface area contributed by atoms with Gasteiger partial charge in [0.05, 0.1) is 0 Å². The van der Waals surface area contributed by atoms with Crippen LogP contribution in [0.3, 0.4) is 0 Å². The van der Waals surface area contributed by atoms with Crippen molar-refractivity contribution in [2.24, 2.45) is 0 Å². The van der Waals surface area contributed by atoms with Gasteiger partial charge in [-0.3, -0.25) is 4.79 Å². The third-order valence-electron chi connectivity index (χ3n) is 4.03. The van der Waals surface area contributed by atoms with Crippen LogP contribution in [-0.4, -0.2) is 62.3 Å². The predicted molar refractivity (Wildman–Crippen MR) is 87.2 cm³/mol. The Bertz CT molecular complexity index is 593. The number of sulfone groups is 1. The summed E-state index contributed by atoms with van der Waals surface area (Å²) >= 11 is 0. The Morgan fingerprint density at radius 1 is 1.23 bits per heavy atom. The Labute approximate surface area is 132 Å². The minimum absolute atomic E-state index is 0.116. The van der Waals surface area contributed by atoms with E-state index in [1.807, 2.05) is 30.3 Å². The normalized spacial score (nSPS) is 17.4. The van der Waals surface area contributed by atoms with Crippen LogP contribution in [0.25, 0.3) is 0 Å². The molecule has 1 aliphatic heterocycles. The highest BCUT2D eigenvalue weighted by Crippen LogP contribution is 2.19. The highest BCUT2D eigenvalue weighted by molar-refractivity contribution is 7.91. The van der Waals surface area contributed by atoms with Crippen molar-refractivity contribution in [3.8, 4) is 0 Å². The predicted octanol–water partition coefficient (Wildman–Crippen LogP) is 1.15. The average Bonchev–Trinajstić information content (AvgIpc) is 2.45. The molecule has 22 heavy (non-hydrogen) atoms. The molecule has 0 aliphatic carbocycles. The molecule has 5 nitrogen and oxygen atoms in total. The maximum absolute atomic E-state index is 12.5. The Balaban J connectivity index is 2.14. The van der Waals surface area contributed by atoms with Gasteiger partial charge in [0.2, 0.25) is 5.91 Å². The maximum Gasteiger partial charge on any atom is 0.238 e. The molecule has 0 spiro atoms. The summed E-state index contributed by atoms with van der Waals surface area (Å²) in [5.74, 6) is -0.701. The van der Waals surface area contributed by atoms with Crippen LogP contribution in [0.4, 0.5) is 0 Å². The van der Waals surface area contributed by atoms with E-state index in [0.717, 1.165) is 37.8 Å². The van der Waals surface area contributed by atoms with Crippen LogP contribution >= 0.6 is 0 Å². The fourth-order valence-electron chi connectivity index (χ4n) is 2.81. The molecule has 0 bridgehead atoms. The van der Waals surface area contributed by atoms with E-state index in [0.29, 0.717) is 6.54 Å². The monoisotopic (exact) mass is 324 g/mol. The van der Waals surface area contributed by atoms with Crippen LogP contribution in [0.1, 0.15) is 18.4 Å². The summed E-state index contributed by atoms with van der Waals surface area (Å²) in [6.07, 6.45) is 2.89. The zero-order valence-electron chi connectivity index (χ0n) is 13.2. The lowest BCUT2D eigenvalue weighted by Gasteiger charge is -2.37. The fourth-order valence-corrected chi connectivity index (χ4v) is 3.43. The smallest absolute Gasteiger partial charge is 0.238 e. The quantitative estimate of drug-likeness (QED) is 0.815. The van der Waals surface area contributed by atoms with Crippen molar-refractivity contribution < 1.29 is 13.2 Å². The van der Waals surface area contributed by atoms with Gasteiger partial charge in [-0.15, -0.1) is 0 Å². The van der Waals surface area contributed by atoms with Crippen molar-refractivity contribution in [2.75, 3.05) is 32.1 Å². The third kappa shape index (κ3) is 5.10. The molecule has 0 saturated carbocycles. The standard InChI is InChI=1S/C16H24N2O3S/c1-17-10-8-15(9-11-17)18(16(19)13-22(2,20)21)12-14-6-4-3-5-7-14/h3-7,15H,8-13H2,1-2H3. The van der Waals surface area contributed by atoms with Gasteiger partial charge in [-0.2, -0.15) is 0 Å². The number of piperidine rings is 1. The SMILES string of the molecule is CN1CCC(N(Cc2ccccc2)C(=O)CS(C)(=O)=O)CC1. The van der Waals surface area contributed by atoms with Crippen LogP contribution in [0.5, 0.6) is 0 Å². The first kappa shape index (κ1) is 17.0.